The van der Waals surface area contributed by atoms with Gasteiger partial charge < -0.3 is 14.7 Å². The van der Waals surface area contributed by atoms with Crippen molar-refractivity contribution in [3.8, 4) is 11.5 Å². The van der Waals surface area contributed by atoms with Crippen LogP contribution in [0.3, 0.4) is 0 Å². The summed E-state index contributed by atoms with van der Waals surface area (Å²) in [5.41, 5.74) is 0.782. The summed E-state index contributed by atoms with van der Waals surface area (Å²) in [5, 5.41) is 25.0. The van der Waals surface area contributed by atoms with Crippen molar-refractivity contribution in [2.45, 2.75) is 0 Å². The first-order chi connectivity index (χ1) is 8.46. The van der Waals surface area contributed by atoms with Gasteiger partial charge in [-0.25, -0.2) is 0 Å². The molecule has 1 heterocycles. The third-order valence-electron chi connectivity index (χ3n) is 3.30. The van der Waals surface area contributed by atoms with Gasteiger partial charge in [0.15, 0.2) is 11.5 Å². The molecule has 0 bridgehead atoms. The van der Waals surface area contributed by atoms with Crippen LogP contribution in [0, 0.1) is 0 Å². The minimum absolute atomic E-state index is 0.107. The van der Waals surface area contributed by atoms with Crippen LogP contribution in [0.1, 0.15) is 5.56 Å². The molecule has 0 atom stereocenters. The van der Waals surface area contributed by atoms with Gasteiger partial charge in [-0.1, -0.05) is 0 Å². The molecular formula is C13H20N3O2+. The third kappa shape index (κ3) is 3.13. The number of piperazine rings is 1. The lowest BCUT2D eigenvalue weighted by molar-refractivity contribution is -0.894. The molecule has 1 fully saturated rings. The quantitative estimate of drug-likeness (QED) is 0.464. The van der Waals surface area contributed by atoms with Crippen LogP contribution in [0.4, 0.5) is 0 Å². The van der Waals surface area contributed by atoms with E-state index in [0.29, 0.717) is 0 Å². The van der Waals surface area contributed by atoms with Gasteiger partial charge in [-0.05, 0) is 23.8 Å². The second-order valence-electron chi connectivity index (χ2n) is 5.33. The first kappa shape index (κ1) is 12.7. The molecule has 0 amide bonds. The maximum atomic E-state index is 9.38. The number of quaternary nitrogens is 1. The maximum absolute atomic E-state index is 9.38. The first-order valence-electron chi connectivity index (χ1n) is 6.09. The molecule has 0 unspecified atom stereocenters. The van der Waals surface area contributed by atoms with E-state index in [9.17, 15) is 10.2 Å². The molecule has 0 spiro atoms. The summed E-state index contributed by atoms with van der Waals surface area (Å²) in [6.45, 7) is 4.04. The monoisotopic (exact) mass is 250 g/mol. The summed E-state index contributed by atoms with van der Waals surface area (Å²) in [5.74, 6) is -0.223. The van der Waals surface area contributed by atoms with Crippen LogP contribution in [-0.2, 0) is 0 Å². The number of phenolic OH excluding ortho intramolecular Hbond substituents is 2. The van der Waals surface area contributed by atoms with E-state index < -0.39 is 0 Å². The van der Waals surface area contributed by atoms with Gasteiger partial charge in [0.05, 0.1) is 46.5 Å². The topological polar surface area (TPSA) is 56.1 Å². The summed E-state index contributed by atoms with van der Waals surface area (Å²) < 4.78 is 1.03. The fourth-order valence-electron chi connectivity index (χ4n) is 1.88. The number of rotatable bonds is 2. The molecule has 18 heavy (non-hydrogen) atoms. The van der Waals surface area contributed by atoms with Gasteiger partial charge in [-0.3, -0.25) is 5.01 Å². The predicted molar refractivity (Wildman–Crippen MR) is 70.8 cm³/mol. The van der Waals surface area contributed by atoms with Crippen molar-refractivity contribution in [2.75, 3.05) is 40.3 Å². The molecule has 5 nitrogen and oxygen atoms in total. The summed E-state index contributed by atoms with van der Waals surface area (Å²) in [6, 6.07) is 4.69. The SMILES string of the molecule is C[N+]1(C)CCN(/N=C\c2ccc(O)c(O)c2)CC1. The Morgan fingerprint density at radius 3 is 2.44 bits per heavy atom. The van der Waals surface area contributed by atoms with Crippen molar-refractivity contribution in [3.05, 3.63) is 23.8 Å². The third-order valence-corrected chi connectivity index (χ3v) is 3.30. The highest BCUT2D eigenvalue weighted by Crippen LogP contribution is 2.24. The average molecular weight is 250 g/mol. The van der Waals surface area contributed by atoms with Crippen molar-refractivity contribution in [2.24, 2.45) is 5.10 Å². The molecule has 0 radical (unpaired) electrons. The number of phenols is 2. The van der Waals surface area contributed by atoms with Crippen molar-refractivity contribution in [1.82, 2.24) is 5.01 Å². The van der Waals surface area contributed by atoms with Gasteiger partial charge in [-0.15, -0.1) is 0 Å². The van der Waals surface area contributed by atoms with Gasteiger partial charge in [0.1, 0.15) is 0 Å². The molecule has 0 aliphatic carbocycles. The van der Waals surface area contributed by atoms with E-state index in [1.165, 1.54) is 12.1 Å². The van der Waals surface area contributed by atoms with Crippen LogP contribution in [0.2, 0.25) is 0 Å². The Morgan fingerprint density at radius 2 is 1.83 bits per heavy atom. The zero-order valence-electron chi connectivity index (χ0n) is 10.9. The molecule has 2 rings (SSSR count). The molecule has 98 valence electrons. The highest BCUT2D eigenvalue weighted by molar-refractivity contribution is 5.80. The normalized spacial score (nSPS) is 19.3. The van der Waals surface area contributed by atoms with Crippen molar-refractivity contribution >= 4 is 6.21 Å². The lowest BCUT2D eigenvalue weighted by Gasteiger charge is -2.37. The minimum Gasteiger partial charge on any atom is -0.504 e. The Kier molecular flexibility index (Phi) is 3.43. The Bertz CT molecular complexity index is 448. The summed E-state index contributed by atoms with van der Waals surface area (Å²) in [4.78, 5) is 0. The number of nitrogens with zero attached hydrogens (tertiary/aromatic N) is 3. The van der Waals surface area contributed by atoms with Crippen LogP contribution in [0.5, 0.6) is 11.5 Å². The van der Waals surface area contributed by atoms with Crippen LogP contribution in [0.25, 0.3) is 0 Å². The number of likely N-dealkylation sites (N-methyl/N-ethyl adjacent to an activating group) is 1. The van der Waals surface area contributed by atoms with Crippen LogP contribution < -0.4 is 0 Å². The minimum atomic E-state index is -0.115. The van der Waals surface area contributed by atoms with E-state index in [2.05, 4.69) is 19.2 Å². The second-order valence-corrected chi connectivity index (χ2v) is 5.33. The number of hydrogen-bond donors (Lipinski definition) is 2. The number of hydrazone groups is 1. The van der Waals surface area contributed by atoms with Crippen molar-refractivity contribution < 1.29 is 14.7 Å². The highest BCUT2D eigenvalue weighted by atomic mass is 16.3. The smallest absolute Gasteiger partial charge is 0.158 e. The van der Waals surface area contributed by atoms with Crippen LogP contribution in [-0.4, -0.2) is 66.2 Å². The highest BCUT2D eigenvalue weighted by Gasteiger charge is 2.22. The molecule has 2 N–H and O–H groups in total. The van der Waals surface area contributed by atoms with Crippen LogP contribution in [0.15, 0.2) is 23.3 Å². The fraction of sp³-hybridized carbons (Fsp3) is 0.462. The zero-order chi connectivity index (χ0) is 13.2. The molecule has 1 aromatic rings. The molecule has 5 heteroatoms. The Labute approximate surface area is 107 Å². The summed E-state index contributed by atoms with van der Waals surface area (Å²) >= 11 is 0. The fourth-order valence-corrected chi connectivity index (χ4v) is 1.88. The van der Waals surface area contributed by atoms with Crippen molar-refractivity contribution in [3.63, 3.8) is 0 Å². The van der Waals surface area contributed by atoms with E-state index >= 15 is 0 Å². The zero-order valence-corrected chi connectivity index (χ0v) is 10.9. The molecule has 0 saturated carbocycles. The van der Waals surface area contributed by atoms with E-state index in [0.717, 1.165) is 36.2 Å². The number of benzene rings is 1. The van der Waals surface area contributed by atoms with Gasteiger partial charge in [0.2, 0.25) is 0 Å². The molecule has 1 aliphatic heterocycles. The molecule has 1 aromatic carbocycles. The molecule has 1 aliphatic rings. The maximum Gasteiger partial charge on any atom is 0.158 e. The lowest BCUT2D eigenvalue weighted by Crippen LogP contribution is -2.53. The first-order valence-corrected chi connectivity index (χ1v) is 6.09. The van der Waals surface area contributed by atoms with Gasteiger partial charge >= 0.3 is 0 Å². The summed E-state index contributed by atoms with van der Waals surface area (Å²) in [7, 11) is 4.44. The Hall–Kier alpha value is -1.75. The summed E-state index contributed by atoms with van der Waals surface area (Å²) in [6.07, 6.45) is 1.71. The van der Waals surface area contributed by atoms with E-state index in [4.69, 9.17) is 0 Å². The van der Waals surface area contributed by atoms with Crippen molar-refractivity contribution in [1.29, 1.82) is 0 Å². The second kappa shape index (κ2) is 4.86. The molecular weight excluding hydrogens is 230 g/mol. The number of hydrogen-bond acceptors (Lipinski definition) is 4. The lowest BCUT2D eigenvalue weighted by atomic mass is 10.2. The van der Waals surface area contributed by atoms with Gasteiger partial charge in [-0.2, -0.15) is 5.10 Å². The molecule has 1 saturated heterocycles. The molecule has 0 aromatic heterocycles. The van der Waals surface area contributed by atoms with Gasteiger partial charge in [0, 0.05) is 0 Å². The van der Waals surface area contributed by atoms with E-state index in [-0.39, 0.29) is 11.5 Å². The average Bonchev–Trinajstić information content (AvgIpc) is 2.32. The van der Waals surface area contributed by atoms with E-state index in [1.807, 2.05) is 5.01 Å². The Morgan fingerprint density at radius 1 is 1.17 bits per heavy atom. The largest absolute Gasteiger partial charge is 0.504 e. The standard InChI is InChI=1S/C13H19N3O2/c1-16(2)7-5-15(6-8-16)14-10-11-3-4-12(17)13(18)9-11/h3-4,9-10H,5-8H2,1-2H3,(H-,14,17,18)/p+1. The van der Waals surface area contributed by atoms with E-state index in [1.54, 1.807) is 12.3 Å². The predicted octanol–water partition coefficient (Wildman–Crippen LogP) is 0.824. The number of aromatic hydroxyl groups is 2. The Balaban J connectivity index is 1.97. The van der Waals surface area contributed by atoms with Gasteiger partial charge in [0.25, 0.3) is 0 Å². The van der Waals surface area contributed by atoms with Crippen LogP contribution >= 0.6 is 0 Å².